The minimum absolute atomic E-state index is 0.0820. The van der Waals surface area contributed by atoms with E-state index in [-0.39, 0.29) is 11.7 Å². The molecule has 1 aromatic heterocycles. The maximum absolute atomic E-state index is 12.6. The topological polar surface area (TPSA) is 62.7 Å². The van der Waals surface area contributed by atoms with Crippen LogP contribution in [-0.2, 0) is 0 Å². The van der Waals surface area contributed by atoms with Gasteiger partial charge < -0.3 is 14.7 Å². The molecule has 1 aliphatic heterocycles. The normalized spacial score (nSPS) is 14.2. The van der Waals surface area contributed by atoms with Gasteiger partial charge in [0.15, 0.2) is 0 Å². The largest absolute Gasteiger partial charge is 0.507 e. The summed E-state index contributed by atoms with van der Waals surface area (Å²) < 4.78 is 6.16. The minimum atomic E-state index is 0.0820. The molecule has 2 heterocycles. The second kappa shape index (κ2) is 6.37. The van der Waals surface area contributed by atoms with E-state index in [1.54, 1.807) is 25.3 Å². The number of aromatic hydroxyl groups is 1. The summed E-state index contributed by atoms with van der Waals surface area (Å²) in [6.45, 7) is 1.67. The number of hydrogen-bond acceptors (Lipinski definition) is 5. The van der Waals surface area contributed by atoms with Gasteiger partial charge in [-0.25, -0.2) is 4.98 Å². The summed E-state index contributed by atoms with van der Waals surface area (Å²) in [5, 5.41) is 10.9. The van der Waals surface area contributed by atoms with Crippen LogP contribution in [0.15, 0.2) is 36.4 Å². The molecule has 1 N–H and O–H groups in total. The summed E-state index contributed by atoms with van der Waals surface area (Å²) in [6, 6.07) is 10.7. The van der Waals surface area contributed by atoms with Crippen LogP contribution in [0.2, 0.25) is 0 Å². The number of nitrogens with zero attached hydrogens (tertiary/aromatic N) is 2. The first-order valence-corrected chi connectivity index (χ1v) is 9.04. The molecular formula is C19H18N2O3S. The van der Waals surface area contributed by atoms with Crippen LogP contribution in [0.25, 0.3) is 20.8 Å². The van der Waals surface area contributed by atoms with Gasteiger partial charge in [-0.3, -0.25) is 4.79 Å². The SMILES string of the molecule is COc1ccc(O)c(-c2nc3ccc(C(=O)N4CCCC4)cc3s2)c1. The number of hydrogen-bond donors (Lipinski definition) is 1. The summed E-state index contributed by atoms with van der Waals surface area (Å²) in [4.78, 5) is 19.1. The molecular weight excluding hydrogens is 336 g/mol. The van der Waals surface area contributed by atoms with E-state index >= 15 is 0 Å². The average molecular weight is 354 g/mol. The molecule has 5 nitrogen and oxygen atoms in total. The van der Waals surface area contributed by atoms with Crippen molar-refractivity contribution < 1.29 is 14.6 Å². The van der Waals surface area contributed by atoms with Gasteiger partial charge in [-0.2, -0.15) is 0 Å². The van der Waals surface area contributed by atoms with Crippen LogP contribution in [0.4, 0.5) is 0 Å². The highest BCUT2D eigenvalue weighted by molar-refractivity contribution is 7.21. The molecule has 1 aliphatic rings. The number of fused-ring (bicyclic) bond motifs is 1. The predicted octanol–water partition coefficient (Wildman–Crippen LogP) is 3.91. The summed E-state index contributed by atoms with van der Waals surface area (Å²) >= 11 is 1.46. The van der Waals surface area contributed by atoms with Gasteiger partial charge in [-0.15, -0.1) is 11.3 Å². The van der Waals surface area contributed by atoms with E-state index in [2.05, 4.69) is 4.98 Å². The molecule has 0 aliphatic carbocycles. The van der Waals surface area contributed by atoms with Gasteiger partial charge in [0.25, 0.3) is 5.91 Å². The number of carbonyl (C=O) groups excluding carboxylic acids is 1. The lowest BCUT2D eigenvalue weighted by molar-refractivity contribution is 0.0793. The molecule has 3 aromatic rings. The Kier molecular flexibility index (Phi) is 4.05. The highest BCUT2D eigenvalue weighted by atomic mass is 32.1. The van der Waals surface area contributed by atoms with Gasteiger partial charge in [0.05, 0.1) is 22.9 Å². The van der Waals surface area contributed by atoms with Crippen LogP contribution < -0.4 is 4.74 Å². The zero-order valence-electron chi connectivity index (χ0n) is 13.9. The van der Waals surface area contributed by atoms with Crippen molar-refractivity contribution in [3.05, 3.63) is 42.0 Å². The smallest absolute Gasteiger partial charge is 0.253 e. The molecule has 4 rings (SSSR count). The number of carbonyl (C=O) groups is 1. The highest BCUT2D eigenvalue weighted by Gasteiger charge is 2.20. The molecule has 0 bridgehead atoms. The molecule has 2 aromatic carbocycles. The third-order valence-electron chi connectivity index (χ3n) is 4.46. The van der Waals surface area contributed by atoms with Crippen molar-refractivity contribution in [3.63, 3.8) is 0 Å². The van der Waals surface area contributed by atoms with E-state index in [0.29, 0.717) is 21.9 Å². The predicted molar refractivity (Wildman–Crippen MR) is 98.4 cm³/mol. The molecule has 6 heteroatoms. The zero-order chi connectivity index (χ0) is 17.4. The number of thiazole rings is 1. The quantitative estimate of drug-likeness (QED) is 0.774. The number of likely N-dealkylation sites (tertiary alicyclic amines) is 1. The Morgan fingerprint density at radius 1 is 1.20 bits per heavy atom. The third-order valence-corrected chi connectivity index (χ3v) is 5.51. The molecule has 0 atom stereocenters. The number of aromatic nitrogens is 1. The lowest BCUT2D eigenvalue weighted by Gasteiger charge is -2.14. The monoisotopic (exact) mass is 354 g/mol. The van der Waals surface area contributed by atoms with Gasteiger partial charge in [0.1, 0.15) is 16.5 Å². The van der Waals surface area contributed by atoms with Gasteiger partial charge >= 0.3 is 0 Å². The summed E-state index contributed by atoms with van der Waals surface area (Å²) in [5.74, 6) is 0.906. The standard InChI is InChI=1S/C19H18N2O3S/c1-24-13-5-7-16(22)14(11-13)18-20-15-6-4-12(10-17(15)25-18)19(23)21-8-2-3-9-21/h4-7,10-11,22H,2-3,8-9H2,1H3. The molecule has 0 spiro atoms. The van der Waals surface area contributed by atoms with Crippen LogP contribution >= 0.6 is 11.3 Å². The van der Waals surface area contributed by atoms with E-state index in [0.717, 1.165) is 36.1 Å². The molecule has 25 heavy (non-hydrogen) atoms. The van der Waals surface area contributed by atoms with Gasteiger partial charge in [0, 0.05) is 18.7 Å². The summed E-state index contributed by atoms with van der Waals surface area (Å²) in [5.41, 5.74) is 2.15. The second-order valence-electron chi connectivity index (χ2n) is 6.08. The number of methoxy groups -OCH3 is 1. The van der Waals surface area contributed by atoms with Crippen LogP contribution in [0.5, 0.6) is 11.5 Å². The first-order valence-electron chi connectivity index (χ1n) is 8.23. The molecule has 0 radical (unpaired) electrons. The van der Waals surface area contributed by atoms with Crippen LogP contribution in [0, 0.1) is 0 Å². The Morgan fingerprint density at radius 3 is 2.76 bits per heavy atom. The highest BCUT2D eigenvalue weighted by Crippen LogP contribution is 2.37. The van der Waals surface area contributed by atoms with E-state index in [9.17, 15) is 9.90 Å². The maximum Gasteiger partial charge on any atom is 0.253 e. The molecule has 1 amide bonds. The van der Waals surface area contributed by atoms with Crippen LogP contribution in [-0.4, -0.2) is 41.1 Å². The Labute approximate surface area is 149 Å². The van der Waals surface area contributed by atoms with Crippen molar-refractivity contribution >= 4 is 27.5 Å². The van der Waals surface area contributed by atoms with E-state index in [1.807, 2.05) is 23.1 Å². The first kappa shape index (κ1) is 15.9. The molecule has 1 fully saturated rings. The third kappa shape index (κ3) is 2.93. The molecule has 1 saturated heterocycles. The number of benzene rings is 2. The molecule has 128 valence electrons. The van der Waals surface area contributed by atoms with Crippen LogP contribution in [0.3, 0.4) is 0 Å². The Morgan fingerprint density at radius 2 is 2.00 bits per heavy atom. The van der Waals surface area contributed by atoms with Crippen molar-refractivity contribution in [2.75, 3.05) is 20.2 Å². The summed E-state index contributed by atoms with van der Waals surface area (Å²) in [7, 11) is 1.59. The van der Waals surface area contributed by atoms with Gasteiger partial charge in [-0.05, 0) is 49.2 Å². The average Bonchev–Trinajstić information content (AvgIpc) is 3.30. The fourth-order valence-electron chi connectivity index (χ4n) is 3.09. The van der Waals surface area contributed by atoms with E-state index < -0.39 is 0 Å². The minimum Gasteiger partial charge on any atom is -0.507 e. The Hall–Kier alpha value is -2.60. The Bertz CT molecular complexity index is 945. The van der Waals surface area contributed by atoms with E-state index in [4.69, 9.17) is 4.74 Å². The van der Waals surface area contributed by atoms with E-state index in [1.165, 1.54) is 11.3 Å². The lowest BCUT2D eigenvalue weighted by Crippen LogP contribution is -2.27. The maximum atomic E-state index is 12.6. The fraction of sp³-hybridized carbons (Fsp3) is 0.263. The number of rotatable bonds is 3. The summed E-state index contributed by atoms with van der Waals surface area (Å²) in [6.07, 6.45) is 2.15. The van der Waals surface area contributed by atoms with Crippen molar-refractivity contribution in [2.24, 2.45) is 0 Å². The Balaban J connectivity index is 1.72. The molecule has 0 unspecified atom stereocenters. The lowest BCUT2D eigenvalue weighted by atomic mass is 10.2. The number of ether oxygens (including phenoxy) is 1. The van der Waals surface area contributed by atoms with Gasteiger partial charge in [0.2, 0.25) is 0 Å². The van der Waals surface area contributed by atoms with Crippen molar-refractivity contribution in [1.29, 1.82) is 0 Å². The molecule has 0 saturated carbocycles. The van der Waals surface area contributed by atoms with Crippen molar-refractivity contribution in [2.45, 2.75) is 12.8 Å². The van der Waals surface area contributed by atoms with Crippen LogP contribution in [0.1, 0.15) is 23.2 Å². The first-order chi connectivity index (χ1) is 12.2. The van der Waals surface area contributed by atoms with Crippen molar-refractivity contribution in [1.82, 2.24) is 9.88 Å². The second-order valence-corrected chi connectivity index (χ2v) is 7.11. The number of amides is 1. The van der Waals surface area contributed by atoms with Gasteiger partial charge in [-0.1, -0.05) is 0 Å². The zero-order valence-corrected chi connectivity index (χ0v) is 14.7. The number of phenols is 1. The number of phenolic OH excluding ortho intramolecular Hbond substituents is 1. The fourth-order valence-corrected chi connectivity index (χ4v) is 4.12. The van der Waals surface area contributed by atoms with Crippen molar-refractivity contribution in [3.8, 4) is 22.1 Å².